The molecule has 1 fully saturated rings. The smallest absolute Gasteiger partial charge is 0.158 e. The molecule has 0 aliphatic heterocycles. The number of aromatic nitrogens is 3. The fourth-order valence-electron chi connectivity index (χ4n) is 4.38. The van der Waals surface area contributed by atoms with Crippen molar-refractivity contribution in [1.82, 2.24) is 15.4 Å². The minimum Gasteiger partial charge on any atom is -0.358 e. The van der Waals surface area contributed by atoms with Crippen molar-refractivity contribution in [2.75, 3.05) is 0 Å². The average molecular weight is 401 g/mol. The average Bonchev–Trinajstić information content (AvgIpc) is 3.05. The van der Waals surface area contributed by atoms with Crippen molar-refractivity contribution in [3.63, 3.8) is 0 Å². The molecular weight excluding hydrogens is 375 g/mol. The van der Waals surface area contributed by atoms with Crippen LogP contribution in [0.15, 0.2) is 30.0 Å². The summed E-state index contributed by atoms with van der Waals surface area (Å²) in [6.45, 7) is 8.78. The zero-order valence-electron chi connectivity index (χ0n) is 14.7. The fraction of sp³-hybridized carbons (Fsp3) is 0.632. The van der Waals surface area contributed by atoms with E-state index < -0.39 is 0 Å². The van der Waals surface area contributed by atoms with Crippen LogP contribution in [0, 0.1) is 23.7 Å². The van der Waals surface area contributed by atoms with Crippen LogP contribution in [0.1, 0.15) is 51.6 Å². The molecule has 1 radical (unpaired) electrons. The van der Waals surface area contributed by atoms with E-state index in [2.05, 4.69) is 41.9 Å². The molecule has 0 amide bonds. The molecular formula is C19H26N3OY-. The van der Waals surface area contributed by atoms with E-state index >= 15 is 0 Å². The molecule has 0 N–H and O–H groups in total. The van der Waals surface area contributed by atoms with E-state index in [1.54, 1.807) is 6.20 Å². The maximum Gasteiger partial charge on any atom is 0.158 e. The van der Waals surface area contributed by atoms with Gasteiger partial charge in [-0.15, -0.1) is 0 Å². The van der Waals surface area contributed by atoms with Gasteiger partial charge in [-0.05, 0) is 68.3 Å². The number of rotatable bonds is 5. The van der Waals surface area contributed by atoms with E-state index in [4.69, 9.17) is 0 Å². The Kier molecular flexibility index (Phi) is 7.12. The topological polar surface area (TPSA) is 57.0 Å². The van der Waals surface area contributed by atoms with Gasteiger partial charge in [0.05, 0.1) is 0 Å². The normalized spacial score (nSPS) is 29.2. The van der Waals surface area contributed by atoms with Gasteiger partial charge in [0.15, 0.2) is 5.78 Å². The molecule has 0 spiro atoms. The van der Waals surface area contributed by atoms with Crippen LogP contribution in [-0.2, 0) is 43.9 Å². The maximum atomic E-state index is 12.6. The van der Waals surface area contributed by atoms with E-state index in [1.165, 1.54) is 24.8 Å². The molecule has 2 aliphatic carbocycles. The van der Waals surface area contributed by atoms with E-state index in [-0.39, 0.29) is 38.5 Å². The number of ketones is 1. The molecule has 0 bridgehead atoms. The second-order valence-corrected chi connectivity index (χ2v) is 7.33. The van der Waals surface area contributed by atoms with Crippen molar-refractivity contribution in [2.45, 2.75) is 52.4 Å². The first-order valence-corrected chi connectivity index (χ1v) is 8.75. The van der Waals surface area contributed by atoms with E-state index in [0.29, 0.717) is 30.6 Å². The molecule has 24 heavy (non-hydrogen) atoms. The first kappa shape index (κ1) is 19.7. The first-order chi connectivity index (χ1) is 11.1. The number of aryl methyl sites for hydroxylation is 1. The number of hydrogen-bond donors (Lipinski definition) is 0. The van der Waals surface area contributed by atoms with Crippen molar-refractivity contribution >= 4 is 5.78 Å². The number of fused-ring (bicyclic) bond motifs is 1. The fourth-order valence-corrected chi connectivity index (χ4v) is 4.38. The van der Waals surface area contributed by atoms with Crippen LogP contribution < -0.4 is 5.10 Å². The number of allylic oxidation sites excluding steroid dienone is 3. The Morgan fingerprint density at radius 3 is 2.88 bits per heavy atom. The summed E-state index contributed by atoms with van der Waals surface area (Å²) in [6, 6.07) is 0. The van der Waals surface area contributed by atoms with Crippen LogP contribution in [0.5, 0.6) is 0 Å². The summed E-state index contributed by atoms with van der Waals surface area (Å²) in [5.41, 5.74) is 3.09. The van der Waals surface area contributed by atoms with Gasteiger partial charge in [-0.2, -0.15) is 0 Å². The molecule has 0 unspecified atom stereocenters. The van der Waals surface area contributed by atoms with Gasteiger partial charge < -0.3 is 10.2 Å². The summed E-state index contributed by atoms with van der Waals surface area (Å²) >= 11 is 0. The molecule has 0 aromatic carbocycles. The molecule has 4 nitrogen and oxygen atoms in total. The second-order valence-electron chi connectivity index (χ2n) is 7.33. The number of Topliss-reactive ketones (excluding diaryl/α,β-unsaturated/α-hetero) is 1. The third-order valence-corrected chi connectivity index (χ3v) is 5.82. The number of hydrogen-bond acceptors (Lipinski definition) is 3. The summed E-state index contributed by atoms with van der Waals surface area (Å²) in [7, 11) is 0. The third-order valence-electron chi connectivity index (χ3n) is 5.82. The van der Waals surface area contributed by atoms with Crippen molar-refractivity contribution in [3.05, 3.63) is 35.7 Å². The van der Waals surface area contributed by atoms with Crippen LogP contribution in [0.3, 0.4) is 0 Å². The predicted molar refractivity (Wildman–Crippen MR) is 89.7 cm³/mol. The van der Waals surface area contributed by atoms with E-state index in [9.17, 15) is 4.79 Å². The van der Waals surface area contributed by atoms with Crippen molar-refractivity contribution in [2.24, 2.45) is 23.7 Å². The van der Waals surface area contributed by atoms with Crippen LogP contribution in [0.25, 0.3) is 0 Å². The van der Waals surface area contributed by atoms with Gasteiger partial charge in [0.25, 0.3) is 0 Å². The Balaban J connectivity index is 0.00000208. The minimum absolute atomic E-state index is 0. The summed E-state index contributed by atoms with van der Waals surface area (Å²) in [5, 5.41) is 11.2. The van der Waals surface area contributed by atoms with Crippen LogP contribution in [0.4, 0.5) is 0 Å². The van der Waals surface area contributed by atoms with Crippen molar-refractivity contribution < 1.29 is 37.5 Å². The first-order valence-electron chi connectivity index (χ1n) is 8.75. The summed E-state index contributed by atoms with van der Waals surface area (Å²) in [4.78, 5) is 12.6. The summed E-state index contributed by atoms with van der Waals surface area (Å²) < 4.78 is 0. The molecule has 4 atom stereocenters. The van der Waals surface area contributed by atoms with Gasteiger partial charge in [-0.1, -0.05) is 37.0 Å². The van der Waals surface area contributed by atoms with E-state index in [1.807, 2.05) is 0 Å². The molecule has 2 aliphatic rings. The molecule has 0 saturated heterocycles. The summed E-state index contributed by atoms with van der Waals surface area (Å²) in [5.74, 6) is 2.48. The number of carbonyl (C=O) groups excluding carboxylic acids is 1. The Morgan fingerprint density at radius 2 is 2.17 bits per heavy atom. The largest absolute Gasteiger partial charge is 0.358 e. The van der Waals surface area contributed by atoms with Gasteiger partial charge in [0, 0.05) is 39.1 Å². The number of carbonyl (C=O) groups is 1. The second kappa shape index (κ2) is 8.66. The molecule has 1 aromatic heterocycles. The van der Waals surface area contributed by atoms with Crippen LogP contribution >= 0.6 is 0 Å². The molecule has 127 valence electrons. The maximum absolute atomic E-state index is 12.6. The Labute approximate surface area is 169 Å². The van der Waals surface area contributed by atoms with E-state index in [0.717, 1.165) is 23.6 Å². The predicted octanol–water partition coefficient (Wildman–Crippen LogP) is 3.51. The van der Waals surface area contributed by atoms with Crippen LogP contribution in [0.2, 0.25) is 0 Å². The monoisotopic (exact) mass is 401 g/mol. The quantitative estimate of drug-likeness (QED) is 0.560. The third kappa shape index (κ3) is 4.32. The minimum atomic E-state index is 0. The number of nitrogens with zero attached hydrogens (tertiary/aromatic N) is 3. The Morgan fingerprint density at radius 1 is 1.38 bits per heavy atom. The van der Waals surface area contributed by atoms with Gasteiger partial charge in [0.1, 0.15) is 0 Å². The molecule has 1 heterocycles. The molecule has 1 aromatic rings. The van der Waals surface area contributed by atoms with Crippen molar-refractivity contribution in [1.29, 1.82) is 0 Å². The molecule has 5 heteroatoms. The Hall–Kier alpha value is -0.606. The SMILES string of the molecule is C=C(C(=O)CCc1c[n-]nn1)[C@@H]1CC[C@@H](C)[C@@H]2CCC(C)=C[C@@H]21.[Y]. The van der Waals surface area contributed by atoms with Gasteiger partial charge in [-0.25, -0.2) is 0 Å². The van der Waals surface area contributed by atoms with Crippen molar-refractivity contribution in [3.8, 4) is 0 Å². The Bertz CT molecular complexity index is 608. The van der Waals surface area contributed by atoms with Gasteiger partial charge >= 0.3 is 0 Å². The molecule has 3 rings (SSSR count). The zero-order chi connectivity index (χ0) is 16.4. The standard InChI is InChI=1S/C19H26N3O.Y/c1-12-4-7-16-13(2)5-8-17(18(16)10-12)14(3)19(23)9-6-15-11-20-22-21-15;/h10-11,13,16-18H,3-9H2,1-2H3;/q-1;/t13-,16+,17+,18+;/m1./s1. The van der Waals surface area contributed by atoms with Gasteiger partial charge in [-0.3, -0.25) is 10.0 Å². The van der Waals surface area contributed by atoms with Gasteiger partial charge in [0.2, 0.25) is 0 Å². The van der Waals surface area contributed by atoms with Crippen LogP contribution in [-0.4, -0.2) is 16.1 Å². The molecule has 1 saturated carbocycles. The summed E-state index contributed by atoms with van der Waals surface area (Å²) in [6.07, 6.45) is 9.91. The zero-order valence-corrected chi connectivity index (χ0v) is 17.6.